The van der Waals surface area contributed by atoms with Crippen molar-refractivity contribution in [3.63, 3.8) is 0 Å². The van der Waals surface area contributed by atoms with Crippen molar-refractivity contribution in [1.29, 1.82) is 0 Å². The minimum absolute atomic E-state index is 0.0354. The van der Waals surface area contributed by atoms with Crippen LogP contribution < -0.4 is 9.47 Å². The number of piperidine rings is 1. The van der Waals surface area contributed by atoms with Gasteiger partial charge in [0.15, 0.2) is 11.5 Å². The lowest BCUT2D eigenvalue weighted by atomic mass is 9.76. The van der Waals surface area contributed by atoms with Crippen LogP contribution in [0.25, 0.3) is 0 Å². The van der Waals surface area contributed by atoms with E-state index in [9.17, 15) is 4.79 Å². The summed E-state index contributed by atoms with van der Waals surface area (Å²) in [5.41, 5.74) is 1.99. The van der Waals surface area contributed by atoms with E-state index < -0.39 is 0 Å². The molecule has 4 rings (SSSR count). The smallest absolute Gasteiger partial charge is 0.248 e. The predicted molar refractivity (Wildman–Crippen MR) is 118 cm³/mol. The Morgan fingerprint density at radius 2 is 1.77 bits per heavy atom. The second-order valence-corrected chi connectivity index (χ2v) is 8.70. The quantitative estimate of drug-likeness (QED) is 0.686. The number of allylic oxidation sites excluding steroid dienone is 2. The molecule has 1 fully saturated rings. The first-order valence-corrected chi connectivity index (χ1v) is 11.1. The number of nitrogens with zero attached hydrogens (tertiary/aromatic N) is 3. The highest BCUT2D eigenvalue weighted by molar-refractivity contribution is 6.07. The molecule has 3 unspecified atom stereocenters. The summed E-state index contributed by atoms with van der Waals surface area (Å²) in [4.78, 5) is 16.0. The van der Waals surface area contributed by atoms with Gasteiger partial charge < -0.3 is 9.47 Å². The molecule has 6 heteroatoms. The molecule has 3 atom stereocenters. The fraction of sp³-hybridized carbons (Fsp3) is 0.583. The van der Waals surface area contributed by atoms with E-state index in [1.54, 1.807) is 14.2 Å². The molecule has 1 aromatic rings. The number of carbonyl (C=O) groups excluding carboxylic acids is 1. The molecule has 1 saturated heterocycles. The van der Waals surface area contributed by atoms with Gasteiger partial charge in [-0.15, -0.1) is 0 Å². The zero-order valence-corrected chi connectivity index (χ0v) is 18.5. The third kappa shape index (κ3) is 3.73. The summed E-state index contributed by atoms with van der Waals surface area (Å²) in [5.74, 6) is 1.61. The third-order valence-corrected chi connectivity index (χ3v) is 6.68. The summed E-state index contributed by atoms with van der Waals surface area (Å²) < 4.78 is 10.9. The van der Waals surface area contributed by atoms with Gasteiger partial charge in [0.2, 0.25) is 5.91 Å². The van der Waals surface area contributed by atoms with E-state index in [-0.39, 0.29) is 23.9 Å². The SMILES string of the molecule is COc1ccc(C2=NN(C3CCCCN3C(C)C)C(=O)C3CC=CCC23)cc1OC. The number of benzene rings is 1. The lowest BCUT2D eigenvalue weighted by molar-refractivity contribution is -0.147. The maximum atomic E-state index is 13.5. The largest absolute Gasteiger partial charge is 0.493 e. The van der Waals surface area contributed by atoms with E-state index in [4.69, 9.17) is 14.6 Å². The van der Waals surface area contributed by atoms with Crippen molar-refractivity contribution in [3.05, 3.63) is 35.9 Å². The lowest BCUT2D eigenvalue weighted by Gasteiger charge is -2.46. The van der Waals surface area contributed by atoms with Crippen molar-refractivity contribution >= 4 is 11.6 Å². The first kappa shape index (κ1) is 20.9. The highest BCUT2D eigenvalue weighted by Gasteiger charge is 2.44. The van der Waals surface area contributed by atoms with Crippen LogP contribution in [0.5, 0.6) is 11.5 Å². The predicted octanol–water partition coefficient (Wildman–Crippen LogP) is 4.05. The molecule has 0 spiro atoms. The number of hydrogen-bond donors (Lipinski definition) is 0. The van der Waals surface area contributed by atoms with Gasteiger partial charge in [0.1, 0.15) is 6.17 Å². The van der Waals surface area contributed by atoms with Gasteiger partial charge in [-0.1, -0.05) is 12.2 Å². The van der Waals surface area contributed by atoms with Crippen molar-refractivity contribution in [2.45, 2.75) is 58.2 Å². The highest BCUT2D eigenvalue weighted by atomic mass is 16.5. The molecule has 0 saturated carbocycles. The molecule has 1 aromatic carbocycles. The van der Waals surface area contributed by atoms with Crippen LogP contribution in [0.4, 0.5) is 0 Å². The normalized spacial score (nSPS) is 27.1. The Morgan fingerprint density at radius 1 is 1.03 bits per heavy atom. The fourth-order valence-corrected chi connectivity index (χ4v) is 5.08. The second kappa shape index (κ2) is 8.80. The number of fused-ring (bicyclic) bond motifs is 1. The Morgan fingerprint density at radius 3 is 2.47 bits per heavy atom. The molecule has 0 bridgehead atoms. The number of likely N-dealkylation sites (tertiary alicyclic amines) is 1. The molecular weight excluding hydrogens is 378 g/mol. The number of methoxy groups -OCH3 is 2. The number of ether oxygens (including phenoxy) is 2. The van der Waals surface area contributed by atoms with Gasteiger partial charge in [0.25, 0.3) is 0 Å². The van der Waals surface area contributed by atoms with Gasteiger partial charge in [0.05, 0.1) is 25.8 Å². The molecule has 0 N–H and O–H groups in total. The highest BCUT2D eigenvalue weighted by Crippen LogP contribution is 2.38. The van der Waals surface area contributed by atoms with Crippen LogP contribution in [0.3, 0.4) is 0 Å². The molecule has 1 amide bonds. The maximum absolute atomic E-state index is 13.5. The molecule has 3 aliphatic rings. The number of hydrazone groups is 1. The first-order valence-electron chi connectivity index (χ1n) is 11.1. The summed E-state index contributed by atoms with van der Waals surface area (Å²) in [6.07, 6.45) is 9.27. The molecular formula is C24H33N3O3. The van der Waals surface area contributed by atoms with E-state index in [1.807, 2.05) is 23.2 Å². The zero-order valence-electron chi connectivity index (χ0n) is 18.5. The topological polar surface area (TPSA) is 54.4 Å². The van der Waals surface area contributed by atoms with Gasteiger partial charge >= 0.3 is 0 Å². The van der Waals surface area contributed by atoms with Crippen LogP contribution in [0, 0.1) is 11.8 Å². The van der Waals surface area contributed by atoms with E-state index in [0.717, 1.165) is 43.5 Å². The fourth-order valence-electron chi connectivity index (χ4n) is 5.08. The monoisotopic (exact) mass is 411 g/mol. The van der Waals surface area contributed by atoms with Gasteiger partial charge in [-0.05, 0) is 64.2 Å². The van der Waals surface area contributed by atoms with E-state index >= 15 is 0 Å². The molecule has 30 heavy (non-hydrogen) atoms. The lowest BCUT2D eigenvalue weighted by Crippen LogP contribution is -2.57. The van der Waals surface area contributed by atoms with Crippen molar-refractivity contribution in [1.82, 2.24) is 9.91 Å². The summed E-state index contributed by atoms with van der Waals surface area (Å²) in [6, 6.07) is 6.32. The van der Waals surface area contributed by atoms with Crippen LogP contribution >= 0.6 is 0 Å². The average Bonchev–Trinajstić information content (AvgIpc) is 2.79. The van der Waals surface area contributed by atoms with Gasteiger partial charge in [-0.3, -0.25) is 9.69 Å². The molecule has 0 aromatic heterocycles. The Hall–Kier alpha value is -2.34. The summed E-state index contributed by atoms with van der Waals surface area (Å²) in [7, 11) is 3.29. The van der Waals surface area contributed by atoms with Crippen molar-refractivity contribution < 1.29 is 14.3 Å². The third-order valence-electron chi connectivity index (χ3n) is 6.68. The summed E-state index contributed by atoms with van der Waals surface area (Å²) >= 11 is 0. The van der Waals surface area contributed by atoms with Crippen molar-refractivity contribution in [2.24, 2.45) is 16.9 Å². The maximum Gasteiger partial charge on any atom is 0.248 e. The Labute approximate surface area is 179 Å². The van der Waals surface area contributed by atoms with Crippen molar-refractivity contribution in [3.8, 4) is 11.5 Å². The van der Waals surface area contributed by atoms with E-state index in [2.05, 4.69) is 30.9 Å². The number of rotatable bonds is 5. The molecule has 2 heterocycles. The van der Waals surface area contributed by atoms with Crippen LogP contribution in [0.2, 0.25) is 0 Å². The van der Waals surface area contributed by atoms with Crippen LogP contribution in [0.15, 0.2) is 35.5 Å². The Bertz CT molecular complexity index is 848. The molecule has 0 radical (unpaired) electrons. The molecule has 2 aliphatic heterocycles. The second-order valence-electron chi connectivity index (χ2n) is 8.70. The van der Waals surface area contributed by atoms with Crippen molar-refractivity contribution in [2.75, 3.05) is 20.8 Å². The van der Waals surface area contributed by atoms with Crippen LogP contribution in [-0.4, -0.2) is 54.5 Å². The number of amides is 1. The average molecular weight is 412 g/mol. The standard InChI is InChI=1S/C24H33N3O3/c1-16(2)26-14-8-7-11-22(26)27-24(28)19-10-6-5-9-18(19)23(25-27)17-12-13-20(29-3)21(15-17)30-4/h5-6,12-13,15-16,18-19,22H,7-11,14H2,1-4H3. The number of hydrogen-bond acceptors (Lipinski definition) is 5. The van der Waals surface area contributed by atoms with Gasteiger partial charge in [0, 0.05) is 24.1 Å². The number of carbonyl (C=O) groups is 1. The molecule has 6 nitrogen and oxygen atoms in total. The Balaban J connectivity index is 1.77. The van der Waals surface area contributed by atoms with E-state index in [0.29, 0.717) is 17.5 Å². The molecule has 162 valence electrons. The van der Waals surface area contributed by atoms with E-state index in [1.165, 1.54) is 6.42 Å². The first-order chi connectivity index (χ1) is 14.5. The van der Waals surface area contributed by atoms with Gasteiger partial charge in [-0.2, -0.15) is 5.10 Å². The summed E-state index contributed by atoms with van der Waals surface area (Å²) in [5, 5.41) is 6.84. The van der Waals surface area contributed by atoms with Gasteiger partial charge in [-0.25, -0.2) is 5.01 Å². The van der Waals surface area contributed by atoms with Crippen LogP contribution in [0.1, 0.15) is 51.5 Å². The summed E-state index contributed by atoms with van der Waals surface area (Å²) in [6.45, 7) is 5.43. The minimum Gasteiger partial charge on any atom is -0.493 e. The van der Waals surface area contributed by atoms with Crippen LogP contribution in [-0.2, 0) is 4.79 Å². The Kier molecular flexibility index (Phi) is 6.14. The molecule has 1 aliphatic carbocycles. The zero-order chi connectivity index (χ0) is 21.3. The minimum atomic E-state index is -0.0495.